The largest absolute Gasteiger partial charge is 0.381 e. The van der Waals surface area contributed by atoms with Crippen LogP contribution in [0, 0.1) is 11.3 Å². The Morgan fingerprint density at radius 2 is 1.93 bits per heavy atom. The van der Waals surface area contributed by atoms with Crippen LogP contribution in [0.2, 0.25) is 0 Å². The van der Waals surface area contributed by atoms with Crippen LogP contribution in [0.3, 0.4) is 0 Å². The quantitative estimate of drug-likeness (QED) is 0.749. The molecule has 0 aromatic heterocycles. The monoisotopic (exact) mass is 197 g/mol. The van der Waals surface area contributed by atoms with Crippen LogP contribution in [0.1, 0.15) is 40.0 Å². The van der Waals surface area contributed by atoms with Crippen LogP contribution < -0.4 is 5.32 Å². The Morgan fingerprint density at radius 1 is 1.29 bits per heavy atom. The molecule has 0 aliphatic heterocycles. The van der Waals surface area contributed by atoms with Crippen LogP contribution >= 0.6 is 0 Å². The van der Waals surface area contributed by atoms with Gasteiger partial charge in [0, 0.05) is 12.6 Å². The number of hydrogen-bond acceptors (Lipinski definition) is 2. The van der Waals surface area contributed by atoms with Crippen molar-refractivity contribution in [3.8, 4) is 0 Å². The van der Waals surface area contributed by atoms with Crippen molar-refractivity contribution in [1.29, 1.82) is 0 Å². The number of methoxy groups -OCH3 is 1. The lowest BCUT2D eigenvalue weighted by Crippen LogP contribution is -2.40. The number of rotatable bonds is 3. The van der Waals surface area contributed by atoms with Crippen molar-refractivity contribution in [2.24, 2.45) is 11.3 Å². The normalized spacial score (nSPS) is 41.1. The summed E-state index contributed by atoms with van der Waals surface area (Å²) in [5.74, 6) is 0.924. The maximum atomic E-state index is 5.34. The van der Waals surface area contributed by atoms with E-state index in [1.807, 2.05) is 7.11 Å². The van der Waals surface area contributed by atoms with E-state index in [0.29, 0.717) is 11.5 Å². The molecule has 2 heteroatoms. The molecule has 2 rings (SSSR count). The van der Waals surface area contributed by atoms with Crippen molar-refractivity contribution in [3.05, 3.63) is 0 Å². The standard InChI is InChI=1S/C12H23NO/c1-11(2,3)13-8-9-5-12(9)6-10(7-12)14-4/h9-10,13H,5-8H2,1-4H3. The Kier molecular flexibility index (Phi) is 2.39. The summed E-state index contributed by atoms with van der Waals surface area (Å²) in [6, 6.07) is 0. The van der Waals surface area contributed by atoms with Gasteiger partial charge in [-0.25, -0.2) is 0 Å². The molecule has 2 fully saturated rings. The van der Waals surface area contributed by atoms with Gasteiger partial charge in [0.1, 0.15) is 0 Å². The zero-order chi connectivity index (χ0) is 10.4. The molecule has 2 aliphatic carbocycles. The lowest BCUT2D eigenvalue weighted by atomic mass is 9.77. The third-order valence-electron chi connectivity index (χ3n) is 3.84. The van der Waals surface area contributed by atoms with Crippen molar-refractivity contribution in [2.75, 3.05) is 13.7 Å². The number of ether oxygens (including phenoxy) is 1. The van der Waals surface area contributed by atoms with Crippen molar-refractivity contribution >= 4 is 0 Å². The molecule has 0 aromatic carbocycles. The molecule has 2 saturated carbocycles. The summed E-state index contributed by atoms with van der Waals surface area (Å²) in [6.07, 6.45) is 4.60. The van der Waals surface area contributed by atoms with E-state index in [-0.39, 0.29) is 5.54 Å². The van der Waals surface area contributed by atoms with Gasteiger partial charge in [-0.2, -0.15) is 0 Å². The molecule has 0 bridgehead atoms. The summed E-state index contributed by atoms with van der Waals surface area (Å²) in [4.78, 5) is 0. The minimum absolute atomic E-state index is 0.272. The van der Waals surface area contributed by atoms with E-state index < -0.39 is 0 Å². The summed E-state index contributed by atoms with van der Waals surface area (Å²) in [5, 5.41) is 3.60. The fourth-order valence-electron chi connectivity index (χ4n) is 2.66. The smallest absolute Gasteiger partial charge is 0.0582 e. The SMILES string of the molecule is COC1CC2(C1)CC2CNC(C)(C)C. The Labute approximate surface area is 87.4 Å². The Hall–Kier alpha value is -0.0800. The Bertz CT molecular complexity index is 213. The number of nitrogens with one attached hydrogen (secondary N) is 1. The minimum Gasteiger partial charge on any atom is -0.381 e. The first kappa shape index (κ1) is 10.4. The van der Waals surface area contributed by atoms with Crippen LogP contribution in [-0.2, 0) is 4.74 Å². The topological polar surface area (TPSA) is 21.3 Å². The average molecular weight is 197 g/mol. The molecule has 0 aromatic rings. The highest BCUT2D eigenvalue weighted by Gasteiger charge is 2.61. The van der Waals surface area contributed by atoms with E-state index in [1.165, 1.54) is 25.8 Å². The zero-order valence-electron chi connectivity index (χ0n) is 9.89. The van der Waals surface area contributed by atoms with E-state index in [2.05, 4.69) is 26.1 Å². The molecule has 0 radical (unpaired) electrons. The first-order valence-electron chi connectivity index (χ1n) is 5.73. The van der Waals surface area contributed by atoms with Gasteiger partial charge in [0.25, 0.3) is 0 Å². The van der Waals surface area contributed by atoms with Crippen molar-refractivity contribution in [3.63, 3.8) is 0 Å². The Morgan fingerprint density at radius 3 is 2.43 bits per heavy atom. The predicted octanol–water partition coefficient (Wildman–Crippen LogP) is 2.19. The summed E-state index contributed by atoms with van der Waals surface area (Å²) < 4.78 is 5.34. The van der Waals surface area contributed by atoms with Crippen LogP contribution in [0.25, 0.3) is 0 Å². The summed E-state index contributed by atoms with van der Waals surface area (Å²) in [5.41, 5.74) is 0.965. The fourth-order valence-corrected chi connectivity index (χ4v) is 2.66. The second-order valence-corrected chi connectivity index (χ2v) is 6.16. The van der Waals surface area contributed by atoms with Gasteiger partial charge < -0.3 is 10.1 Å². The molecule has 2 aliphatic rings. The number of hydrogen-bond donors (Lipinski definition) is 1. The molecule has 0 heterocycles. The molecular weight excluding hydrogens is 174 g/mol. The van der Waals surface area contributed by atoms with E-state index in [0.717, 1.165) is 5.92 Å². The molecule has 1 unspecified atom stereocenters. The predicted molar refractivity (Wildman–Crippen MR) is 58.3 cm³/mol. The summed E-state index contributed by atoms with van der Waals surface area (Å²) in [7, 11) is 1.84. The highest BCUT2D eigenvalue weighted by atomic mass is 16.5. The van der Waals surface area contributed by atoms with E-state index in [9.17, 15) is 0 Å². The van der Waals surface area contributed by atoms with E-state index in [4.69, 9.17) is 4.74 Å². The second-order valence-electron chi connectivity index (χ2n) is 6.16. The molecule has 14 heavy (non-hydrogen) atoms. The molecule has 82 valence electrons. The lowest BCUT2D eigenvalue weighted by Gasteiger charge is -2.36. The highest BCUT2D eigenvalue weighted by Crippen LogP contribution is 2.65. The second kappa shape index (κ2) is 3.21. The van der Waals surface area contributed by atoms with Crippen LogP contribution in [0.15, 0.2) is 0 Å². The van der Waals surface area contributed by atoms with Crippen LogP contribution in [0.4, 0.5) is 0 Å². The first-order valence-corrected chi connectivity index (χ1v) is 5.73. The van der Waals surface area contributed by atoms with Crippen LogP contribution in [-0.4, -0.2) is 25.3 Å². The van der Waals surface area contributed by atoms with Crippen molar-refractivity contribution < 1.29 is 4.74 Å². The average Bonchev–Trinajstić information content (AvgIpc) is 2.70. The van der Waals surface area contributed by atoms with Gasteiger partial charge in [-0.15, -0.1) is 0 Å². The highest BCUT2D eigenvalue weighted by molar-refractivity contribution is 5.12. The molecule has 0 amide bonds. The van der Waals surface area contributed by atoms with Gasteiger partial charge in [-0.3, -0.25) is 0 Å². The van der Waals surface area contributed by atoms with Gasteiger partial charge in [-0.05, 0) is 57.9 Å². The molecule has 2 nitrogen and oxygen atoms in total. The fraction of sp³-hybridized carbons (Fsp3) is 1.00. The first-order chi connectivity index (χ1) is 6.45. The summed E-state index contributed by atoms with van der Waals surface area (Å²) >= 11 is 0. The van der Waals surface area contributed by atoms with Crippen molar-refractivity contribution in [2.45, 2.75) is 51.7 Å². The molecule has 1 spiro atoms. The zero-order valence-corrected chi connectivity index (χ0v) is 9.89. The van der Waals surface area contributed by atoms with Gasteiger partial charge in [0.15, 0.2) is 0 Å². The molecule has 1 atom stereocenters. The van der Waals surface area contributed by atoms with Gasteiger partial charge in [-0.1, -0.05) is 0 Å². The van der Waals surface area contributed by atoms with Gasteiger partial charge >= 0.3 is 0 Å². The minimum atomic E-state index is 0.272. The van der Waals surface area contributed by atoms with Crippen LogP contribution in [0.5, 0.6) is 0 Å². The third kappa shape index (κ3) is 1.96. The third-order valence-corrected chi connectivity index (χ3v) is 3.84. The molecular formula is C12H23NO. The summed E-state index contributed by atoms with van der Waals surface area (Å²) in [6.45, 7) is 7.91. The lowest BCUT2D eigenvalue weighted by molar-refractivity contribution is -0.0172. The maximum absolute atomic E-state index is 5.34. The van der Waals surface area contributed by atoms with Gasteiger partial charge in [0.05, 0.1) is 6.10 Å². The van der Waals surface area contributed by atoms with E-state index in [1.54, 1.807) is 0 Å². The van der Waals surface area contributed by atoms with Gasteiger partial charge in [0.2, 0.25) is 0 Å². The maximum Gasteiger partial charge on any atom is 0.0582 e. The molecule has 0 saturated heterocycles. The molecule has 1 N–H and O–H groups in total. The van der Waals surface area contributed by atoms with E-state index >= 15 is 0 Å². The Balaban J connectivity index is 1.68. The van der Waals surface area contributed by atoms with Crippen molar-refractivity contribution in [1.82, 2.24) is 5.32 Å².